The van der Waals surface area contributed by atoms with Crippen molar-refractivity contribution in [3.05, 3.63) is 0 Å². The van der Waals surface area contributed by atoms with Gasteiger partial charge in [-0.1, -0.05) is 0 Å². The van der Waals surface area contributed by atoms with Gasteiger partial charge in [0.25, 0.3) is 5.91 Å². The molecule has 15 heteroatoms. The molecule has 2 fully saturated rings. The van der Waals surface area contributed by atoms with Crippen molar-refractivity contribution in [3.63, 3.8) is 0 Å². The minimum Gasteiger partial charge on any atom is -0.475 e. The lowest BCUT2D eigenvalue weighted by atomic mass is 10.1. The summed E-state index contributed by atoms with van der Waals surface area (Å²) < 4.78 is 63.5. The molecule has 1 aliphatic carbocycles. The zero-order chi connectivity index (χ0) is 21.7. The second kappa shape index (κ2) is 8.88. The van der Waals surface area contributed by atoms with Crippen molar-refractivity contribution in [2.45, 2.75) is 44.3 Å². The summed E-state index contributed by atoms with van der Waals surface area (Å²) in [6.07, 6.45) is -8.51. The van der Waals surface area contributed by atoms with Gasteiger partial charge in [0.15, 0.2) is 0 Å². The summed E-state index contributed by atoms with van der Waals surface area (Å²) in [5.74, 6) is -5.37. The van der Waals surface area contributed by atoms with Crippen LogP contribution >= 0.6 is 0 Å². The first-order chi connectivity index (χ1) is 12.0. The fourth-order valence-corrected chi connectivity index (χ4v) is 1.79. The molecule has 1 saturated heterocycles. The van der Waals surface area contributed by atoms with E-state index in [0.717, 1.165) is 12.8 Å². The van der Waals surface area contributed by atoms with Crippen LogP contribution < -0.4 is 11.1 Å². The number of imide groups is 1. The van der Waals surface area contributed by atoms with Gasteiger partial charge in [0.1, 0.15) is 6.04 Å². The maximum absolute atomic E-state index is 11.4. The number of urea groups is 1. The summed E-state index contributed by atoms with van der Waals surface area (Å²) in [4.78, 5) is 41.9. The van der Waals surface area contributed by atoms with Crippen molar-refractivity contribution in [2.75, 3.05) is 0 Å². The Bertz CT molecular complexity index is 545. The fourth-order valence-electron chi connectivity index (χ4n) is 1.79. The molecule has 156 valence electrons. The van der Waals surface area contributed by atoms with Crippen molar-refractivity contribution in [1.82, 2.24) is 10.2 Å². The molecule has 0 spiro atoms. The number of aliphatic carboxylic acids is 2. The van der Waals surface area contributed by atoms with E-state index in [0.29, 0.717) is 5.92 Å². The van der Waals surface area contributed by atoms with Crippen molar-refractivity contribution >= 4 is 23.9 Å². The lowest BCUT2D eigenvalue weighted by Crippen LogP contribution is -2.47. The van der Waals surface area contributed by atoms with Crippen LogP contribution in [-0.4, -0.2) is 63.6 Å². The Hall–Kier alpha value is -2.58. The summed E-state index contributed by atoms with van der Waals surface area (Å²) in [5, 5.41) is 16.5. The number of carboxylic acid groups (broad SMARTS) is 2. The summed E-state index contributed by atoms with van der Waals surface area (Å²) in [7, 11) is 0. The molecular weight excluding hydrogens is 396 g/mol. The van der Waals surface area contributed by atoms with Crippen LogP contribution in [0.3, 0.4) is 0 Å². The van der Waals surface area contributed by atoms with Gasteiger partial charge >= 0.3 is 30.3 Å². The van der Waals surface area contributed by atoms with Gasteiger partial charge in [0, 0.05) is 0 Å². The molecule has 1 heterocycles. The van der Waals surface area contributed by atoms with Gasteiger partial charge in [0.05, 0.1) is 6.17 Å². The van der Waals surface area contributed by atoms with Crippen LogP contribution in [-0.2, 0) is 14.4 Å². The average Bonchev–Trinajstić information content (AvgIpc) is 3.22. The largest absolute Gasteiger partial charge is 0.490 e. The third-order valence-electron chi connectivity index (χ3n) is 3.03. The van der Waals surface area contributed by atoms with Gasteiger partial charge in [-0.2, -0.15) is 26.3 Å². The predicted molar refractivity (Wildman–Crippen MR) is 72.9 cm³/mol. The van der Waals surface area contributed by atoms with E-state index in [1.54, 1.807) is 6.92 Å². The Morgan fingerprint density at radius 3 is 1.63 bits per heavy atom. The number of alkyl halides is 6. The quantitative estimate of drug-likeness (QED) is 0.389. The van der Waals surface area contributed by atoms with E-state index >= 15 is 0 Å². The van der Waals surface area contributed by atoms with Gasteiger partial charge in [-0.15, -0.1) is 0 Å². The SMILES string of the molecule is C[C@@H](N)N1C(=O)NC(=O)C1C1CC1.O=C(O)C(F)(F)F.O=C(O)C(F)(F)F. The van der Waals surface area contributed by atoms with Crippen molar-refractivity contribution < 1.29 is 55.7 Å². The molecule has 1 unspecified atom stereocenters. The van der Waals surface area contributed by atoms with E-state index in [4.69, 9.17) is 25.5 Å². The molecule has 1 saturated carbocycles. The molecule has 9 nitrogen and oxygen atoms in total. The number of rotatable bonds is 2. The van der Waals surface area contributed by atoms with E-state index in [9.17, 15) is 35.9 Å². The molecule has 2 rings (SSSR count). The minimum atomic E-state index is -5.08. The van der Waals surface area contributed by atoms with Gasteiger partial charge in [-0.05, 0) is 25.7 Å². The lowest BCUT2D eigenvalue weighted by molar-refractivity contribution is -0.193. The number of halogens is 6. The Morgan fingerprint density at radius 2 is 1.41 bits per heavy atom. The molecule has 1 aliphatic heterocycles. The van der Waals surface area contributed by atoms with E-state index in [-0.39, 0.29) is 18.0 Å². The smallest absolute Gasteiger partial charge is 0.475 e. The Balaban J connectivity index is 0.000000416. The second-order valence-electron chi connectivity index (χ2n) is 5.33. The summed E-state index contributed by atoms with van der Waals surface area (Å²) in [5.41, 5.74) is 5.62. The zero-order valence-electron chi connectivity index (χ0n) is 13.5. The lowest BCUT2D eigenvalue weighted by Gasteiger charge is -2.24. The Morgan fingerprint density at radius 1 is 1.07 bits per heavy atom. The fraction of sp³-hybridized carbons (Fsp3) is 0.667. The van der Waals surface area contributed by atoms with E-state index in [2.05, 4.69) is 5.32 Å². The average molecular weight is 411 g/mol. The van der Waals surface area contributed by atoms with Gasteiger partial charge in [-0.3, -0.25) is 15.0 Å². The number of carboxylic acids is 2. The number of nitrogens with one attached hydrogen (secondary N) is 1. The highest BCUT2D eigenvalue weighted by Gasteiger charge is 2.48. The van der Waals surface area contributed by atoms with Gasteiger partial charge in [0.2, 0.25) is 0 Å². The summed E-state index contributed by atoms with van der Waals surface area (Å²) >= 11 is 0. The van der Waals surface area contributed by atoms with E-state index < -0.39 is 30.5 Å². The van der Waals surface area contributed by atoms with Crippen LogP contribution in [0.15, 0.2) is 0 Å². The monoisotopic (exact) mass is 411 g/mol. The highest BCUT2D eigenvalue weighted by atomic mass is 19.4. The Labute approximate surface area is 147 Å². The molecule has 5 N–H and O–H groups in total. The van der Waals surface area contributed by atoms with Gasteiger partial charge in [-0.25, -0.2) is 14.4 Å². The van der Waals surface area contributed by atoms with Crippen LogP contribution in [0.5, 0.6) is 0 Å². The molecule has 2 aliphatic rings. The molecule has 3 amide bonds. The molecule has 0 bridgehead atoms. The standard InChI is InChI=1S/C8H13N3O2.2C2HF3O2/c1-4(9)11-6(5-2-3-5)7(12)10-8(11)13;2*3-2(4,5)1(6)7/h4-6H,2-3,9H2,1H3,(H,10,12,13);2*(H,6,7)/t4-,6?;;/m0../s1. The molecule has 0 aromatic heterocycles. The first kappa shape index (κ1) is 24.4. The van der Waals surface area contributed by atoms with E-state index in [1.807, 2.05) is 0 Å². The topological polar surface area (TPSA) is 150 Å². The molecule has 27 heavy (non-hydrogen) atoms. The van der Waals surface area contributed by atoms with Crippen molar-refractivity contribution in [3.8, 4) is 0 Å². The predicted octanol–water partition coefficient (Wildman–Crippen LogP) is 0.888. The van der Waals surface area contributed by atoms with Crippen molar-refractivity contribution in [2.24, 2.45) is 11.7 Å². The number of nitrogens with zero attached hydrogens (tertiary/aromatic N) is 1. The van der Waals surface area contributed by atoms with Crippen LogP contribution in [0.2, 0.25) is 0 Å². The normalized spacial score (nSPS) is 20.6. The van der Waals surface area contributed by atoms with Crippen LogP contribution in [0.4, 0.5) is 31.1 Å². The second-order valence-corrected chi connectivity index (χ2v) is 5.33. The molecule has 0 aromatic rings. The molecule has 0 aromatic carbocycles. The minimum absolute atomic E-state index is 0.190. The highest BCUT2D eigenvalue weighted by molar-refractivity contribution is 6.04. The number of hydrogen-bond donors (Lipinski definition) is 4. The molecular formula is C12H15F6N3O6. The van der Waals surface area contributed by atoms with Crippen LogP contribution in [0.25, 0.3) is 0 Å². The Kier molecular flexibility index (Phi) is 8.03. The molecule has 0 radical (unpaired) electrons. The maximum atomic E-state index is 11.4. The van der Waals surface area contributed by atoms with Gasteiger partial charge < -0.3 is 15.9 Å². The number of nitrogens with two attached hydrogens (primary N) is 1. The molecule has 2 atom stereocenters. The number of carbonyl (C=O) groups is 4. The first-order valence-corrected chi connectivity index (χ1v) is 6.99. The van der Waals surface area contributed by atoms with Crippen molar-refractivity contribution in [1.29, 1.82) is 0 Å². The third kappa shape index (κ3) is 8.10. The van der Waals surface area contributed by atoms with E-state index in [1.165, 1.54) is 4.90 Å². The number of amides is 3. The first-order valence-electron chi connectivity index (χ1n) is 6.99. The highest BCUT2D eigenvalue weighted by Crippen LogP contribution is 2.37. The van der Waals surface area contributed by atoms with Crippen LogP contribution in [0, 0.1) is 5.92 Å². The third-order valence-corrected chi connectivity index (χ3v) is 3.03. The zero-order valence-corrected chi connectivity index (χ0v) is 13.5. The number of carbonyl (C=O) groups excluding carboxylic acids is 2. The number of hydrogen-bond acceptors (Lipinski definition) is 5. The summed E-state index contributed by atoms with van der Waals surface area (Å²) in [6.45, 7) is 1.72. The maximum Gasteiger partial charge on any atom is 0.490 e. The van der Waals surface area contributed by atoms with Crippen LogP contribution in [0.1, 0.15) is 19.8 Å². The summed E-state index contributed by atoms with van der Waals surface area (Å²) in [6, 6.07) is -0.663.